The largest absolute Gasteiger partial charge is 0.387 e. The molecule has 1 aliphatic rings. The monoisotopic (exact) mass is 208 g/mol. The first-order valence-electron chi connectivity index (χ1n) is 4.78. The molecule has 2 nitrogen and oxygen atoms in total. The van der Waals surface area contributed by atoms with Crippen LogP contribution in [0.4, 0.5) is 0 Å². The number of halogens is 1. The summed E-state index contributed by atoms with van der Waals surface area (Å²) in [6, 6.07) is 7.66. The molecule has 3 N–H and O–H groups in total. The molecule has 1 aromatic rings. The summed E-state index contributed by atoms with van der Waals surface area (Å²) in [5.74, 6) is 0.802. The van der Waals surface area contributed by atoms with E-state index in [0.29, 0.717) is 5.92 Å². The standard InChI is InChI=1S/C11H13ClN2/c12-9-4-2-1-3-8(9)10(11(13)14)7-5-6-7/h1-4,7,10H,5-6H2,(H3,13,14). The molecule has 1 unspecified atom stereocenters. The van der Waals surface area contributed by atoms with Crippen molar-refractivity contribution in [3.63, 3.8) is 0 Å². The van der Waals surface area contributed by atoms with Crippen LogP contribution in [0.1, 0.15) is 24.3 Å². The summed E-state index contributed by atoms with van der Waals surface area (Å²) in [6.45, 7) is 0. The molecule has 2 rings (SSSR count). The Morgan fingerprint density at radius 1 is 1.43 bits per heavy atom. The minimum absolute atomic E-state index is 0.0312. The SMILES string of the molecule is N=C(N)C(c1ccccc1Cl)C1CC1. The van der Waals surface area contributed by atoms with Gasteiger partial charge in [0.2, 0.25) is 0 Å². The summed E-state index contributed by atoms with van der Waals surface area (Å²) >= 11 is 6.08. The number of hydrogen-bond acceptors (Lipinski definition) is 1. The minimum atomic E-state index is 0.0312. The van der Waals surface area contributed by atoms with Crippen LogP contribution in [0.15, 0.2) is 24.3 Å². The first-order valence-corrected chi connectivity index (χ1v) is 5.16. The van der Waals surface area contributed by atoms with Gasteiger partial charge >= 0.3 is 0 Å². The molecule has 0 aliphatic heterocycles. The highest BCUT2D eigenvalue weighted by atomic mass is 35.5. The topological polar surface area (TPSA) is 49.9 Å². The number of nitrogens with two attached hydrogens (primary N) is 1. The van der Waals surface area contributed by atoms with Gasteiger partial charge in [-0.25, -0.2) is 0 Å². The van der Waals surface area contributed by atoms with Crippen molar-refractivity contribution in [2.24, 2.45) is 11.7 Å². The van der Waals surface area contributed by atoms with Crippen molar-refractivity contribution in [1.82, 2.24) is 0 Å². The lowest BCUT2D eigenvalue weighted by Gasteiger charge is -2.16. The van der Waals surface area contributed by atoms with Gasteiger partial charge in [-0.15, -0.1) is 0 Å². The van der Waals surface area contributed by atoms with Gasteiger partial charge < -0.3 is 5.73 Å². The van der Waals surface area contributed by atoms with E-state index in [2.05, 4.69) is 0 Å². The van der Waals surface area contributed by atoms with Crippen LogP contribution in [0.2, 0.25) is 5.02 Å². The maximum atomic E-state index is 7.58. The van der Waals surface area contributed by atoms with E-state index in [0.717, 1.165) is 23.4 Å². The molecule has 0 spiro atoms. The van der Waals surface area contributed by atoms with Gasteiger partial charge in [-0.3, -0.25) is 5.41 Å². The molecule has 0 radical (unpaired) electrons. The summed E-state index contributed by atoms with van der Waals surface area (Å²) in [5.41, 5.74) is 6.61. The average molecular weight is 209 g/mol. The molecule has 0 heterocycles. The van der Waals surface area contributed by atoms with Gasteiger partial charge in [0, 0.05) is 10.9 Å². The van der Waals surface area contributed by atoms with Crippen molar-refractivity contribution >= 4 is 17.4 Å². The second kappa shape index (κ2) is 3.62. The number of hydrogen-bond donors (Lipinski definition) is 2. The summed E-state index contributed by atoms with van der Waals surface area (Å²) in [6.07, 6.45) is 2.32. The van der Waals surface area contributed by atoms with Crippen molar-refractivity contribution in [3.05, 3.63) is 34.9 Å². The first-order chi connectivity index (χ1) is 6.70. The molecule has 1 saturated carbocycles. The van der Waals surface area contributed by atoms with Crippen LogP contribution in [0.25, 0.3) is 0 Å². The summed E-state index contributed by atoms with van der Waals surface area (Å²) in [7, 11) is 0. The zero-order chi connectivity index (χ0) is 10.1. The quantitative estimate of drug-likeness (QED) is 0.583. The van der Waals surface area contributed by atoms with E-state index in [1.54, 1.807) is 0 Å². The molecule has 1 aromatic carbocycles. The number of benzene rings is 1. The van der Waals surface area contributed by atoms with Gasteiger partial charge in [0.15, 0.2) is 0 Å². The fraction of sp³-hybridized carbons (Fsp3) is 0.364. The third kappa shape index (κ3) is 1.75. The van der Waals surface area contributed by atoms with E-state index >= 15 is 0 Å². The van der Waals surface area contributed by atoms with Gasteiger partial charge in [-0.05, 0) is 30.4 Å². The Hall–Kier alpha value is -1.02. The zero-order valence-corrected chi connectivity index (χ0v) is 8.59. The molecule has 0 bridgehead atoms. The molecular weight excluding hydrogens is 196 g/mol. The van der Waals surface area contributed by atoms with Crippen molar-refractivity contribution in [1.29, 1.82) is 5.41 Å². The van der Waals surface area contributed by atoms with E-state index in [9.17, 15) is 0 Å². The molecule has 1 fully saturated rings. The molecule has 14 heavy (non-hydrogen) atoms. The fourth-order valence-electron chi connectivity index (χ4n) is 1.83. The Morgan fingerprint density at radius 2 is 2.07 bits per heavy atom. The molecular formula is C11H13ClN2. The van der Waals surface area contributed by atoms with Gasteiger partial charge in [-0.1, -0.05) is 29.8 Å². The first kappa shape index (κ1) is 9.53. The predicted octanol–water partition coefficient (Wildman–Crippen LogP) is 2.77. The minimum Gasteiger partial charge on any atom is -0.387 e. The third-order valence-corrected chi connectivity index (χ3v) is 3.01. The fourth-order valence-corrected chi connectivity index (χ4v) is 2.09. The van der Waals surface area contributed by atoms with E-state index in [1.165, 1.54) is 0 Å². The Kier molecular flexibility index (Phi) is 2.46. The van der Waals surface area contributed by atoms with Crippen molar-refractivity contribution in [2.75, 3.05) is 0 Å². The van der Waals surface area contributed by atoms with Gasteiger partial charge in [0.25, 0.3) is 0 Å². The maximum absolute atomic E-state index is 7.58. The Bertz CT molecular complexity index is 358. The normalized spacial score (nSPS) is 17.8. The van der Waals surface area contributed by atoms with Gasteiger partial charge in [-0.2, -0.15) is 0 Å². The number of amidine groups is 1. The summed E-state index contributed by atoms with van der Waals surface area (Å²) in [4.78, 5) is 0. The smallest absolute Gasteiger partial charge is 0.0985 e. The summed E-state index contributed by atoms with van der Waals surface area (Å²) < 4.78 is 0. The second-order valence-corrected chi connectivity index (χ2v) is 4.20. The van der Waals surface area contributed by atoms with Gasteiger partial charge in [0.05, 0.1) is 5.84 Å². The predicted molar refractivity (Wildman–Crippen MR) is 58.8 cm³/mol. The van der Waals surface area contributed by atoms with Crippen LogP contribution >= 0.6 is 11.6 Å². The van der Waals surface area contributed by atoms with Gasteiger partial charge in [0.1, 0.15) is 0 Å². The third-order valence-electron chi connectivity index (χ3n) is 2.67. The van der Waals surface area contributed by atoms with Crippen molar-refractivity contribution in [2.45, 2.75) is 18.8 Å². The number of rotatable bonds is 3. The van der Waals surface area contributed by atoms with E-state index in [4.69, 9.17) is 22.7 Å². The second-order valence-electron chi connectivity index (χ2n) is 3.79. The lowest BCUT2D eigenvalue weighted by Crippen LogP contribution is -2.22. The molecule has 0 amide bonds. The summed E-state index contributed by atoms with van der Waals surface area (Å²) in [5, 5.41) is 8.30. The lowest BCUT2D eigenvalue weighted by molar-refractivity contribution is 0.753. The van der Waals surface area contributed by atoms with E-state index < -0.39 is 0 Å². The molecule has 3 heteroatoms. The Morgan fingerprint density at radius 3 is 2.57 bits per heavy atom. The molecule has 1 aliphatic carbocycles. The van der Waals surface area contributed by atoms with E-state index in [1.807, 2.05) is 24.3 Å². The Balaban J connectivity index is 2.35. The van der Waals surface area contributed by atoms with Crippen LogP contribution in [0.3, 0.4) is 0 Å². The highest BCUT2D eigenvalue weighted by Gasteiger charge is 2.35. The molecule has 0 saturated heterocycles. The zero-order valence-electron chi connectivity index (χ0n) is 7.83. The molecule has 74 valence electrons. The van der Waals surface area contributed by atoms with Crippen LogP contribution in [-0.2, 0) is 0 Å². The van der Waals surface area contributed by atoms with Crippen molar-refractivity contribution in [3.8, 4) is 0 Å². The van der Waals surface area contributed by atoms with E-state index in [-0.39, 0.29) is 11.8 Å². The van der Waals surface area contributed by atoms with Crippen molar-refractivity contribution < 1.29 is 0 Å². The highest BCUT2D eigenvalue weighted by molar-refractivity contribution is 6.31. The van der Waals surface area contributed by atoms with Crippen LogP contribution in [-0.4, -0.2) is 5.84 Å². The highest BCUT2D eigenvalue weighted by Crippen LogP contribution is 2.44. The van der Waals surface area contributed by atoms with Crippen LogP contribution in [0.5, 0.6) is 0 Å². The Labute approximate surface area is 88.6 Å². The molecule has 1 atom stereocenters. The maximum Gasteiger partial charge on any atom is 0.0985 e. The van der Waals surface area contributed by atoms with Crippen LogP contribution in [0, 0.1) is 11.3 Å². The average Bonchev–Trinajstić information content (AvgIpc) is 2.92. The lowest BCUT2D eigenvalue weighted by atomic mass is 9.93. The molecule has 0 aromatic heterocycles. The number of nitrogens with one attached hydrogen (secondary N) is 1. The van der Waals surface area contributed by atoms with Crippen LogP contribution < -0.4 is 5.73 Å².